The maximum atomic E-state index is 11.7. The van der Waals surface area contributed by atoms with Crippen LogP contribution in [0.25, 0.3) is 0 Å². The van der Waals surface area contributed by atoms with Gasteiger partial charge in [-0.15, -0.1) is 0 Å². The van der Waals surface area contributed by atoms with Gasteiger partial charge in [0.05, 0.1) is 0 Å². The molecule has 0 aliphatic carbocycles. The molecule has 0 unspecified atom stereocenters. The number of aromatic amines is 1. The van der Waals surface area contributed by atoms with Crippen LogP contribution in [-0.4, -0.2) is 23.6 Å². The van der Waals surface area contributed by atoms with E-state index in [2.05, 4.69) is 15.2 Å². The van der Waals surface area contributed by atoms with Crippen molar-refractivity contribution in [1.29, 1.82) is 0 Å². The van der Waals surface area contributed by atoms with Gasteiger partial charge in [0.1, 0.15) is 12.1 Å². The molecule has 0 aliphatic heterocycles. The number of para-hydroxylation sites is 1. The molecular weight excluding hydrogens is 230 g/mol. The van der Waals surface area contributed by atoms with E-state index in [0.29, 0.717) is 0 Å². The van der Waals surface area contributed by atoms with E-state index in [4.69, 9.17) is 4.18 Å². The molecule has 1 N–H and O–H groups in total. The number of rotatable bonds is 3. The Morgan fingerprint density at radius 2 is 2.06 bits per heavy atom. The predicted octanol–water partition coefficient (Wildman–Crippen LogP) is 0.881. The van der Waals surface area contributed by atoms with Gasteiger partial charge in [-0.3, -0.25) is 0 Å². The maximum absolute atomic E-state index is 11.7. The van der Waals surface area contributed by atoms with Gasteiger partial charge in [0.25, 0.3) is 5.16 Å². The Hall–Kier alpha value is -1.89. The van der Waals surface area contributed by atoms with Gasteiger partial charge in [0, 0.05) is 0 Å². The van der Waals surface area contributed by atoms with Crippen molar-refractivity contribution in [3.63, 3.8) is 0 Å². The molecule has 6 nitrogen and oxygen atoms in total. The van der Waals surface area contributed by atoms with Gasteiger partial charge >= 0.3 is 10.1 Å². The Kier molecular flexibility index (Phi) is 2.61. The van der Waals surface area contributed by atoms with E-state index in [1.807, 2.05) is 0 Å². The van der Waals surface area contributed by atoms with Crippen LogP contribution in [-0.2, 0) is 10.1 Å². The summed E-state index contributed by atoms with van der Waals surface area (Å²) in [5.41, 5.74) is 0.727. The van der Waals surface area contributed by atoms with Crippen LogP contribution in [0.5, 0.6) is 5.75 Å². The molecule has 7 heteroatoms. The van der Waals surface area contributed by atoms with Crippen molar-refractivity contribution in [2.75, 3.05) is 0 Å². The minimum absolute atomic E-state index is 0.277. The second kappa shape index (κ2) is 3.93. The SMILES string of the molecule is Cc1ccccc1OS(=O)(=O)c1ncn[nH]1. The molecule has 2 aromatic rings. The molecule has 0 saturated heterocycles. The quantitative estimate of drug-likeness (QED) is 0.804. The third-order valence-electron chi connectivity index (χ3n) is 1.92. The average molecular weight is 239 g/mol. The highest BCUT2D eigenvalue weighted by Gasteiger charge is 2.20. The Morgan fingerprint density at radius 3 is 2.69 bits per heavy atom. The first kappa shape index (κ1) is 10.6. The first-order valence-corrected chi connectivity index (χ1v) is 5.86. The summed E-state index contributed by atoms with van der Waals surface area (Å²) in [6.07, 6.45) is 1.11. The van der Waals surface area contributed by atoms with Gasteiger partial charge in [0.15, 0.2) is 0 Å². The van der Waals surface area contributed by atoms with E-state index in [0.717, 1.165) is 11.9 Å². The summed E-state index contributed by atoms with van der Waals surface area (Å²) in [6, 6.07) is 6.82. The molecule has 16 heavy (non-hydrogen) atoms. The monoisotopic (exact) mass is 239 g/mol. The van der Waals surface area contributed by atoms with Crippen molar-refractivity contribution in [2.24, 2.45) is 0 Å². The second-order valence-corrected chi connectivity index (χ2v) is 4.56. The van der Waals surface area contributed by atoms with E-state index in [-0.39, 0.29) is 10.9 Å². The molecule has 0 bridgehead atoms. The molecule has 0 amide bonds. The van der Waals surface area contributed by atoms with E-state index in [1.54, 1.807) is 31.2 Å². The second-order valence-electron chi connectivity index (χ2n) is 3.09. The van der Waals surface area contributed by atoms with Crippen molar-refractivity contribution >= 4 is 10.1 Å². The number of hydrogen-bond donors (Lipinski definition) is 1. The summed E-state index contributed by atoms with van der Waals surface area (Å²) in [4.78, 5) is 3.53. The zero-order valence-electron chi connectivity index (χ0n) is 8.41. The summed E-state index contributed by atoms with van der Waals surface area (Å²) in [5, 5.41) is 5.39. The molecule has 84 valence electrons. The third kappa shape index (κ3) is 2.03. The fraction of sp³-hybridized carbons (Fsp3) is 0.111. The third-order valence-corrected chi connectivity index (χ3v) is 2.99. The lowest BCUT2D eigenvalue weighted by atomic mass is 10.2. The molecule has 0 atom stereocenters. The van der Waals surface area contributed by atoms with Crippen LogP contribution in [0.2, 0.25) is 0 Å². The summed E-state index contributed by atoms with van der Waals surface area (Å²) in [6.45, 7) is 1.76. The first-order valence-electron chi connectivity index (χ1n) is 4.45. The van der Waals surface area contributed by atoms with Crippen LogP contribution < -0.4 is 4.18 Å². The number of benzene rings is 1. The maximum Gasteiger partial charge on any atom is 0.374 e. The zero-order valence-corrected chi connectivity index (χ0v) is 9.23. The van der Waals surface area contributed by atoms with Crippen LogP contribution in [0.1, 0.15) is 5.56 Å². The molecule has 2 rings (SSSR count). The van der Waals surface area contributed by atoms with E-state index in [9.17, 15) is 8.42 Å². The van der Waals surface area contributed by atoms with Gasteiger partial charge in [-0.05, 0) is 18.6 Å². The zero-order chi connectivity index (χ0) is 11.6. The Balaban J connectivity index is 2.33. The molecule has 0 saturated carbocycles. The highest BCUT2D eigenvalue weighted by Crippen LogP contribution is 2.20. The molecule has 0 aliphatic rings. The molecular formula is C9H9N3O3S. The lowest BCUT2D eigenvalue weighted by molar-refractivity contribution is 0.476. The largest absolute Gasteiger partial charge is 0.377 e. The van der Waals surface area contributed by atoms with E-state index >= 15 is 0 Å². The molecule has 1 aromatic carbocycles. The van der Waals surface area contributed by atoms with Gasteiger partial charge in [-0.25, -0.2) is 10.1 Å². The van der Waals surface area contributed by atoms with Crippen LogP contribution >= 0.6 is 0 Å². The van der Waals surface area contributed by atoms with Crippen molar-refractivity contribution in [2.45, 2.75) is 12.1 Å². The van der Waals surface area contributed by atoms with Crippen LogP contribution in [0.15, 0.2) is 35.7 Å². The van der Waals surface area contributed by atoms with E-state index < -0.39 is 10.1 Å². The standard InChI is InChI=1S/C9H9N3O3S/c1-7-4-2-3-5-8(7)15-16(13,14)9-10-6-11-12-9/h2-6H,1H3,(H,10,11,12). The smallest absolute Gasteiger partial charge is 0.374 e. The highest BCUT2D eigenvalue weighted by atomic mass is 32.2. The van der Waals surface area contributed by atoms with E-state index in [1.165, 1.54) is 0 Å². The first-order chi connectivity index (χ1) is 7.59. The van der Waals surface area contributed by atoms with Crippen molar-refractivity contribution < 1.29 is 12.6 Å². The summed E-state index contributed by atoms with van der Waals surface area (Å²) < 4.78 is 28.2. The minimum Gasteiger partial charge on any atom is -0.377 e. The number of nitrogens with one attached hydrogen (secondary N) is 1. The fourth-order valence-corrected chi connectivity index (χ4v) is 1.97. The average Bonchev–Trinajstić information content (AvgIpc) is 2.75. The molecule has 1 aromatic heterocycles. The summed E-state index contributed by atoms with van der Waals surface area (Å²) in [7, 11) is -3.92. The highest BCUT2D eigenvalue weighted by molar-refractivity contribution is 7.86. The normalized spacial score (nSPS) is 11.3. The van der Waals surface area contributed by atoms with Crippen LogP contribution in [0, 0.1) is 6.92 Å². The molecule has 0 radical (unpaired) electrons. The topological polar surface area (TPSA) is 84.9 Å². The number of H-pyrrole nitrogens is 1. The lowest BCUT2D eigenvalue weighted by Gasteiger charge is -2.06. The van der Waals surface area contributed by atoms with Crippen molar-refractivity contribution in [1.82, 2.24) is 15.2 Å². The number of hydrogen-bond acceptors (Lipinski definition) is 5. The van der Waals surface area contributed by atoms with Crippen molar-refractivity contribution in [3.8, 4) is 5.75 Å². The Bertz CT molecular complexity index is 578. The van der Waals surface area contributed by atoms with Gasteiger partial charge in [-0.1, -0.05) is 18.2 Å². The summed E-state index contributed by atoms with van der Waals surface area (Å²) in [5.74, 6) is 0.277. The number of aryl methyl sites for hydroxylation is 1. The molecule has 0 fully saturated rings. The Morgan fingerprint density at radius 1 is 1.31 bits per heavy atom. The summed E-state index contributed by atoms with van der Waals surface area (Å²) >= 11 is 0. The van der Waals surface area contributed by atoms with Gasteiger partial charge in [0.2, 0.25) is 0 Å². The predicted molar refractivity (Wildman–Crippen MR) is 55.4 cm³/mol. The molecule has 1 heterocycles. The fourth-order valence-electron chi connectivity index (χ4n) is 1.12. The Labute approximate surface area is 92.4 Å². The number of nitrogens with zero attached hydrogens (tertiary/aromatic N) is 2. The lowest BCUT2D eigenvalue weighted by Crippen LogP contribution is -2.12. The van der Waals surface area contributed by atoms with Gasteiger partial charge in [-0.2, -0.15) is 13.5 Å². The van der Waals surface area contributed by atoms with Crippen LogP contribution in [0.3, 0.4) is 0 Å². The van der Waals surface area contributed by atoms with Crippen molar-refractivity contribution in [3.05, 3.63) is 36.2 Å². The minimum atomic E-state index is -3.92. The number of aromatic nitrogens is 3. The van der Waals surface area contributed by atoms with Gasteiger partial charge < -0.3 is 4.18 Å². The van der Waals surface area contributed by atoms with Crippen LogP contribution in [0.4, 0.5) is 0 Å². The molecule has 0 spiro atoms.